The average molecular weight is 400 g/mol. The fourth-order valence-corrected chi connectivity index (χ4v) is 5.12. The van der Waals surface area contributed by atoms with Gasteiger partial charge in [-0.3, -0.25) is 9.52 Å². The number of anilines is 1. The Morgan fingerprint density at radius 3 is 2.68 bits per heavy atom. The van der Waals surface area contributed by atoms with E-state index in [1.807, 2.05) is 17.9 Å². The maximum Gasteiger partial charge on any atom is 0.261 e. The number of sulfonamides is 1. The Labute approximate surface area is 166 Å². The van der Waals surface area contributed by atoms with E-state index in [0.717, 1.165) is 18.4 Å². The summed E-state index contributed by atoms with van der Waals surface area (Å²) in [5.74, 6) is -0.109. The smallest absolute Gasteiger partial charge is 0.261 e. The van der Waals surface area contributed by atoms with Crippen molar-refractivity contribution in [1.82, 2.24) is 10.2 Å². The van der Waals surface area contributed by atoms with E-state index in [9.17, 15) is 13.2 Å². The van der Waals surface area contributed by atoms with Crippen LogP contribution in [0.5, 0.6) is 0 Å². The standard InChI is InChI=1S/C21H25N3O3S/c1-15-4-2-6-18(12-15)23-28(26,27)20-7-3-5-16(13-20)21(25)24-11-10-17-8-9-19(14-24)22-17/h2-7,12-13,17,19,22-23H,8-11,14H2,1H3. The molecule has 148 valence electrons. The molecule has 28 heavy (non-hydrogen) atoms. The highest BCUT2D eigenvalue weighted by Gasteiger charge is 2.31. The quantitative estimate of drug-likeness (QED) is 0.829. The van der Waals surface area contributed by atoms with Gasteiger partial charge in [0.05, 0.1) is 4.90 Å². The molecule has 2 heterocycles. The molecule has 6 nitrogen and oxygen atoms in total. The molecular formula is C21H25N3O3S. The molecule has 4 rings (SSSR count). The Balaban J connectivity index is 1.54. The third kappa shape index (κ3) is 4.05. The van der Waals surface area contributed by atoms with E-state index < -0.39 is 10.0 Å². The van der Waals surface area contributed by atoms with Crippen LogP contribution in [0.3, 0.4) is 0 Å². The number of nitrogens with zero attached hydrogens (tertiary/aromatic N) is 1. The zero-order valence-electron chi connectivity index (χ0n) is 15.9. The average Bonchev–Trinajstić information content (AvgIpc) is 3.00. The molecule has 1 amide bonds. The molecular weight excluding hydrogens is 374 g/mol. The number of amides is 1. The SMILES string of the molecule is Cc1cccc(NS(=O)(=O)c2cccc(C(=O)N3CCC4CCC(C3)N4)c2)c1. The Morgan fingerprint density at radius 2 is 1.86 bits per heavy atom. The van der Waals surface area contributed by atoms with Crippen LogP contribution in [0.15, 0.2) is 53.4 Å². The van der Waals surface area contributed by atoms with Gasteiger partial charge in [0.15, 0.2) is 0 Å². The highest BCUT2D eigenvalue weighted by atomic mass is 32.2. The number of nitrogens with one attached hydrogen (secondary N) is 2. The van der Waals surface area contributed by atoms with Crippen LogP contribution in [-0.2, 0) is 10.0 Å². The summed E-state index contributed by atoms with van der Waals surface area (Å²) in [6.07, 6.45) is 3.20. The first kappa shape index (κ1) is 19.0. The molecule has 0 radical (unpaired) electrons. The molecule has 0 aromatic heterocycles. The molecule has 2 aliphatic heterocycles. The van der Waals surface area contributed by atoms with Crippen molar-refractivity contribution in [2.24, 2.45) is 0 Å². The lowest BCUT2D eigenvalue weighted by Gasteiger charge is -2.24. The molecule has 2 bridgehead atoms. The van der Waals surface area contributed by atoms with Gasteiger partial charge in [-0.05, 0) is 62.1 Å². The minimum absolute atomic E-state index is 0.0920. The molecule has 0 saturated carbocycles. The van der Waals surface area contributed by atoms with Gasteiger partial charge in [-0.15, -0.1) is 0 Å². The Bertz CT molecular complexity index is 990. The van der Waals surface area contributed by atoms with Crippen LogP contribution in [0.2, 0.25) is 0 Å². The molecule has 2 fully saturated rings. The normalized spacial score (nSPS) is 22.0. The molecule has 0 spiro atoms. The lowest BCUT2D eigenvalue weighted by molar-refractivity contribution is 0.0748. The summed E-state index contributed by atoms with van der Waals surface area (Å²) in [4.78, 5) is 14.9. The Hall–Kier alpha value is -2.38. The van der Waals surface area contributed by atoms with Gasteiger partial charge in [0.2, 0.25) is 0 Å². The summed E-state index contributed by atoms with van der Waals surface area (Å²) < 4.78 is 28.1. The predicted octanol–water partition coefficient (Wildman–Crippen LogP) is 2.76. The maximum atomic E-state index is 13.0. The zero-order chi connectivity index (χ0) is 19.7. The summed E-state index contributed by atoms with van der Waals surface area (Å²) in [5, 5.41) is 3.56. The first-order valence-corrected chi connectivity index (χ1v) is 11.1. The van der Waals surface area contributed by atoms with Crippen molar-refractivity contribution in [3.8, 4) is 0 Å². The van der Waals surface area contributed by atoms with Crippen LogP contribution in [0.1, 0.15) is 35.2 Å². The van der Waals surface area contributed by atoms with Gasteiger partial charge in [-0.25, -0.2) is 8.42 Å². The predicted molar refractivity (Wildman–Crippen MR) is 109 cm³/mol. The second-order valence-electron chi connectivity index (χ2n) is 7.68. The summed E-state index contributed by atoms with van der Waals surface area (Å²) in [5.41, 5.74) is 1.88. The zero-order valence-corrected chi connectivity index (χ0v) is 16.7. The number of hydrogen-bond donors (Lipinski definition) is 2. The van der Waals surface area contributed by atoms with Crippen molar-refractivity contribution < 1.29 is 13.2 Å². The molecule has 7 heteroatoms. The lowest BCUT2D eigenvalue weighted by Crippen LogP contribution is -2.39. The van der Waals surface area contributed by atoms with Crippen molar-refractivity contribution in [3.05, 3.63) is 59.7 Å². The van der Waals surface area contributed by atoms with E-state index in [0.29, 0.717) is 36.4 Å². The second-order valence-corrected chi connectivity index (χ2v) is 9.36. The van der Waals surface area contributed by atoms with Crippen LogP contribution in [0.4, 0.5) is 5.69 Å². The highest BCUT2D eigenvalue weighted by Crippen LogP contribution is 2.23. The van der Waals surface area contributed by atoms with Gasteiger partial charge in [0.1, 0.15) is 0 Å². The van der Waals surface area contributed by atoms with Gasteiger partial charge in [-0.2, -0.15) is 0 Å². The first-order chi connectivity index (χ1) is 13.4. The summed E-state index contributed by atoms with van der Waals surface area (Å²) in [6.45, 7) is 3.28. The Morgan fingerprint density at radius 1 is 1.07 bits per heavy atom. The third-order valence-electron chi connectivity index (χ3n) is 5.47. The number of carbonyl (C=O) groups is 1. The molecule has 2 aromatic carbocycles. The van der Waals surface area contributed by atoms with Gasteiger partial charge >= 0.3 is 0 Å². The molecule has 2 saturated heterocycles. The molecule has 2 aromatic rings. The van der Waals surface area contributed by atoms with Crippen LogP contribution in [0.25, 0.3) is 0 Å². The van der Waals surface area contributed by atoms with Gasteiger partial charge in [0, 0.05) is 36.4 Å². The number of aryl methyl sites for hydroxylation is 1. The summed E-state index contributed by atoms with van der Waals surface area (Å²) in [6, 6.07) is 14.3. The van der Waals surface area contributed by atoms with E-state index in [4.69, 9.17) is 0 Å². The summed E-state index contributed by atoms with van der Waals surface area (Å²) in [7, 11) is -3.77. The van der Waals surface area contributed by atoms with Crippen molar-refractivity contribution in [3.63, 3.8) is 0 Å². The first-order valence-electron chi connectivity index (χ1n) is 9.65. The molecule has 2 atom stereocenters. The molecule has 2 aliphatic rings. The van der Waals surface area contributed by atoms with Crippen LogP contribution >= 0.6 is 0 Å². The minimum Gasteiger partial charge on any atom is -0.337 e. The monoisotopic (exact) mass is 399 g/mol. The van der Waals surface area contributed by atoms with E-state index in [-0.39, 0.29) is 10.8 Å². The van der Waals surface area contributed by atoms with Gasteiger partial charge < -0.3 is 10.2 Å². The number of benzene rings is 2. The third-order valence-corrected chi connectivity index (χ3v) is 6.85. The minimum atomic E-state index is -3.77. The molecule has 2 unspecified atom stereocenters. The van der Waals surface area contributed by atoms with E-state index in [1.165, 1.54) is 18.6 Å². The van der Waals surface area contributed by atoms with Crippen molar-refractivity contribution in [1.29, 1.82) is 0 Å². The van der Waals surface area contributed by atoms with E-state index >= 15 is 0 Å². The number of carbonyl (C=O) groups excluding carboxylic acids is 1. The topological polar surface area (TPSA) is 78.5 Å². The van der Waals surface area contributed by atoms with E-state index in [2.05, 4.69) is 10.0 Å². The largest absolute Gasteiger partial charge is 0.337 e. The van der Waals surface area contributed by atoms with Gasteiger partial charge in [0.25, 0.3) is 15.9 Å². The fourth-order valence-electron chi connectivity index (χ4n) is 4.03. The van der Waals surface area contributed by atoms with Gasteiger partial charge in [-0.1, -0.05) is 18.2 Å². The van der Waals surface area contributed by atoms with Crippen molar-refractivity contribution >= 4 is 21.6 Å². The number of rotatable bonds is 4. The van der Waals surface area contributed by atoms with Crippen LogP contribution in [0, 0.1) is 6.92 Å². The van der Waals surface area contributed by atoms with Crippen molar-refractivity contribution in [2.75, 3.05) is 17.8 Å². The number of hydrogen-bond acceptors (Lipinski definition) is 4. The molecule has 2 N–H and O–H groups in total. The number of fused-ring (bicyclic) bond motifs is 2. The number of likely N-dealkylation sites (tertiary alicyclic amines) is 1. The van der Waals surface area contributed by atoms with Crippen molar-refractivity contribution in [2.45, 2.75) is 43.2 Å². The van der Waals surface area contributed by atoms with Crippen LogP contribution in [-0.4, -0.2) is 44.4 Å². The second kappa shape index (κ2) is 7.56. The van der Waals surface area contributed by atoms with Crippen LogP contribution < -0.4 is 10.0 Å². The maximum absolute atomic E-state index is 13.0. The Kier molecular flexibility index (Phi) is 5.12. The molecule has 0 aliphatic carbocycles. The lowest BCUT2D eigenvalue weighted by atomic mass is 10.1. The fraction of sp³-hybridized carbons (Fsp3) is 0.381. The summed E-state index contributed by atoms with van der Waals surface area (Å²) >= 11 is 0. The highest BCUT2D eigenvalue weighted by molar-refractivity contribution is 7.92. The van der Waals surface area contributed by atoms with E-state index in [1.54, 1.807) is 30.3 Å².